The first kappa shape index (κ1) is 15.6. The third-order valence-corrected chi connectivity index (χ3v) is 4.20. The van der Waals surface area contributed by atoms with Crippen LogP contribution < -0.4 is 5.43 Å². The fourth-order valence-corrected chi connectivity index (χ4v) is 2.91. The van der Waals surface area contributed by atoms with E-state index in [2.05, 4.69) is 0 Å². The molecule has 0 spiro atoms. The van der Waals surface area contributed by atoms with Crippen LogP contribution in [0.3, 0.4) is 0 Å². The predicted molar refractivity (Wildman–Crippen MR) is 85.0 cm³/mol. The molecule has 0 bridgehead atoms. The van der Waals surface area contributed by atoms with Crippen LogP contribution in [0.15, 0.2) is 41.5 Å². The predicted octanol–water partition coefficient (Wildman–Crippen LogP) is 2.89. The van der Waals surface area contributed by atoms with Crippen LogP contribution in [0.25, 0.3) is 11.1 Å². The van der Waals surface area contributed by atoms with Crippen LogP contribution in [0.2, 0.25) is 0 Å². The van der Waals surface area contributed by atoms with Crippen LogP contribution in [0.1, 0.15) is 23.2 Å². The molecule has 1 aromatic heterocycles. The lowest BCUT2D eigenvalue weighted by Crippen LogP contribution is -2.22. The summed E-state index contributed by atoms with van der Waals surface area (Å²) in [5, 5.41) is 0. The van der Waals surface area contributed by atoms with Gasteiger partial charge in [0, 0.05) is 37.7 Å². The van der Waals surface area contributed by atoms with E-state index in [4.69, 9.17) is 4.74 Å². The van der Waals surface area contributed by atoms with E-state index in [0.717, 1.165) is 32.6 Å². The number of nitrogens with zero attached hydrogens (tertiary/aromatic N) is 1. The number of hydrogen-bond acceptors (Lipinski definition) is 3. The zero-order chi connectivity index (χ0) is 16.2. The molecule has 0 atom stereocenters. The summed E-state index contributed by atoms with van der Waals surface area (Å²) in [6.45, 7) is 2.23. The first-order valence-electron chi connectivity index (χ1n) is 7.70. The number of aldehydes is 1. The Bertz CT molecular complexity index is 746. The van der Waals surface area contributed by atoms with Crippen LogP contribution in [0.5, 0.6) is 0 Å². The molecule has 3 rings (SSSR count). The Balaban J connectivity index is 1.97. The highest BCUT2D eigenvalue weighted by molar-refractivity contribution is 5.77. The van der Waals surface area contributed by atoms with Gasteiger partial charge in [0.25, 0.3) is 0 Å². The van der Waals surface area contributed by atoms with Gasteiger partial charge in [-0.25, -0.2) is 4.39 Å². The molecule has 1 aliphatic rings. The Morgan fingerprint density at radius 1 is 1.17 bits per heavy atom. The number of rotatable bonds is 4. The standard InChI is InChI=1S/C18H18FNO3/c19-16-3-1-14(2-4-16)17-11-20(10-15(12-21)18(17)22)9-13-5-7-23-8-6-13/h1-4,10-13H,5-9H2. The van der Waals surface area contributed by atoms with Gasteiger partial charge in [-0.2, -0.15) is 0 Å². The quantitative estimate of drug-likeness (QED) is 0.815. The van der Waals surface area contributed by atoms with Crippen LogP contribution in [0, 0.1) is 11.7 Å². The van der Waals surface area contributed by atoms with Crippen molar-refractivity contribution < 1.29 is 13.9 Å². The molecule has 0 amide bonds. The zero-order valence-electron chi connectivity index (χ0n) is 12.7. The van der Waals surface area contributed by atoms with E-state index in [-0.39, 0.29) is 16.8 Å². The Morgan fingerprint density at radius 2 is 1.87 bits per heavy atom. The van der Waals surface area contributed by atoms with E-state index in [1.54, 1.807) is 24.5 Å². The highest BCUT2D eigenvalue weighted by Gasteiger charge is 2.16. The fourth-order valence-electron chi connectivity index (χ4n) is 2.91. The number of pyridine rings is 1. The van der Waals surface area contributed by atoms with Crippen molar-refractivity contribution in [3.05, 3.63) is 58.3 Å². The molecule has 2 aromatic rings. The molecule has 4 nitrogen and oxygen atoms in total. The lowest BCUT2D eigenvalue weighted by atomic mass is 9.99. The molecule has 120 valence electrons. The molecule has 1 aromatic carbocycles. The third-order valence-electron chi connectivity index (χ3n) is 4.20. The van der Waals surface area contributed by atoms with Gasteiger partial charge in [0.2, 0.25) is 0 Å². The minimum atomic E-state index is -0.358. The zero-order valence-corrected chi connectivity index (χ0v) is 12.7. The van der Waals surface area contributed by atoms with Crippen molar-refractivity contribution in [1.29, 1.82) is 0 Å². The van der Waals surface area contributed by atoms with Crippen molar-refractivity contribution in [2.45, 2.75) is 19.4 Å². The van der Waals surface area contributed by atoms with Crippen LogP contribution in [-0.2, 0) is 11.3 Å². The monoisotopic (exact) mass is 315 g/mol. The fraction of sp³-hybridized carbons (Fsp3) is 0.333. The summed E-state index contributed by atoms with van der Waals surface area (Å²) in [7, 11) is 0. The average molecular weight is 315 g/mol. The smallest absolute Gasteiger partial charge is 0.199 e. The lowest BCUT2D eigenvalue weighted by molar-refractivity contribution is 0.0612. The van der Waals surface area contributed by atoms with Crippen molar-refractivity contribution in [3.8, 4) is 11.1 Å². The molecule has 2 heterocycles. The number of aromatic nitrogens is 1. The third kappa shape index (κ3) is 3.56. The molecule has 0 N–H and O–H groups in total. The van der Waals surface area contributed by atoms with E-state index in [9.17, 15) is 14.0 Å². The van der Waals surface area contributed by atoms with E-state index < -0.39 is 0 Å². The van der Waals surface area contributed by atoms with Crippen molar-refractivity contribution in [1.82, 2.24) is 4.57 Å². The van der Waals surface area contributed by atoms with Gasteiger partial charge < -0.3 is 9.30 Å². The molecule has 0 unspecified atom stereocenters. The van der Waals surface area contributed by atoms with E-state index in [0.29, 0.717) is 23.3 Å². The number of halogens is 1. The largest absolute Gasteiger partial charge is 0.381 e. The highest BCUT2D eigenvalue weighted by atomic mass is 19.1. The van der Waals surface area contributed by atoms with Gasteiger partial charge in [-0.05, 0) is 36.5 Å². The second kappa shape index (κ2) is 6.87. The number of ether oxygens (including phenoxy) is 1. The Labute approximate surface area is 133 Å². The summed E-state index contributed by atoms with van der Waals surface area (Å²) in [6.07, 6.45) is 5.86. The maximum Gasteiger partial charge on any atom is 0.199 e. The molecule has 23 heavy (non-hydrogen) atoms. The normalized spacial score (nSPS) is 15.5. The summed E-state index contributed by atoms with van der Waals surface area (Å²) in [5.41, 5.74) is 0.830. The minimum absolute atomic E-state index is 0.124. The maximum atomic E-state index is 13.1. The molecular weight excluding hydrogens is 297 g/mol. The Hall–Kier alpha value is -2.27. The second-order valence-electron chi connectivity index (χ2n) is 5.83. The van der Waals surface area contributed by atoms with Crippen LogP contribution in [0.4, 0.5) is 4.39 Å². The van der Waals surface area contributed by atoms with Crippen molar-refractivity contribution >= 4 is 6.29 Å². The van der Waals surface area contributed by atoms with Crippen molar-refractivity contribution in [3.63, 3.8) is 0 Å². The van der Waals surface area contributed by atoms with Gasteiger partial charge in [-0.1, -0.05) is 12.1 Å². The SMILES string of the molecule is O=Cc1cn(CC2CCOCC2)cc(-c2ccc(F)cc2)c1=O. The first-order chi connectivity index (χ1) is 11.2. The van der Waals surface area contributed by atoms with Crippen LogP contribution >= 0.6 is 0 Å². The van der Waals surface area contributed by atoms with Gasteiger partial charge in [0.05, 0.1) is 5.56 Å². The molecule has 0 aliphatic carbocycles. The maximum absolute atomic E-state index is 13.1. The van der Waals surface area contributed by atoms with E-state index in [1.165, 1.54) is 12.1 Å². The van der Waals surface area contributed by atoms with Gasteiger partial charge >= 0.3 is 0 Å². The molecule has 0 saturated carbocycles. The van der Waals surface area contributed by atoms with Gasteiger partial charge in [-0.3, -0.25) is 9.59 Å². The molecule has 1 fully saturated rings. The summed E-state index contributed by atoms with van der Waals surface area (Å²) in [4.78, 5) is 23.6. The molecule has 1 aliphatic heterocycles. The number of hydrogen-bond donors (Lipinski definition) is 0. The lowest BCUT2D eigenvalue weighted by Gasteiger charge is -2.23. The second-order valence-corrected chi connectivity index (χ2v) is 5.83. The molecular formula is C18H18FNO3. The van der Waals surface area contributed by atoms with E-state index in [1.807, 2.05) is 4.57 Å². The summed E-state index contributed by atoms with van der Waals surface area (Å²) < 4.78 is 20.3. The number of carbonyl (C=O) groups excluding carboxylic acids is 1. The summed E-state index contributed by atoms with van der Waals surface area (Å²) in [6, 6.07) is 5.73. The molecule has 1 saturated heterocycles. The van der Waals surface area contributed by atoms with Crippen LogP contribution in [-0.4, -0.2) is 24.1 Å². The summed E-state index contributed by atoms with van der Waals surface area (Å²) >= 11 is 0. The van der Waals surface area contributed by atoms with Gasteiger partial charge in [0.1, 0.15) is 5.82 Å². The summed E-state index contributed by atoms with van der Waals surface area (Å²) in [5.74, 6) is 0.106. The molecule has 5 heteroatoms. The van der Waals surface area contributed by atoms with Crippen molar-refractivity contribution in [2.75, 3.05) is 13.2 Å². The van der Waals surface area contributed by atoms with Gasteiger partial charge in [0.15, 0.2) is 11.7 Å². The van der Waals surface area contributed by atoms with Gasteiger partial charge in [-0.15, -0.1) is 0 Å². The number of carbonyl (C=O) groups is 1. The van der Waals surface area contributed by atoms with E-state index >= 15 is 0 Å². The highest BCUT2D eigenvalue weighted by Crippen LogP contribution is 2.20. The topological polar surface area (TPSA) is 48.3 Å². The minimum Gasteiger partial charge on any atom is -0.381 e. The van der Waals surface area contributed by atoms with Crippen molar-refractivity contribution in [2.24, 2.45) is 5.92 Å². The first-order valence-corrected chi connectivity index (χ1v) is 7.70. The Kier molecular flexibility index (Phi) is 4.67. The molecule has 0 radical (unpaired) electrons. The average Bonchev–Trinajstić information content (AvgIpc) is 2.58. The Morgan fingerprint density at radius 3 is 2.52 bits per heavy atom. The number of benzene rings is 1.